The highest BCUT2D eigenvalue weighted by Crippen LogP contribution is 2.28. The molecule has 0 spiro atoms. The van der Waals surface area contributed by atoms with Crippen LogP contribution in [0.1, 0.15) is 17.7 Å². The highest BCUT2D eigenvalue weighted by molar-refractivity contribution is 14.1. The number of alkyl halides is 2. The quantitative estimate of drug-likeness (QED) is 0.690. The molecule has 0 saturated heterocycles. The van der Waals surface area contributed by atoms with E-state index in [1.807, 2.05) is 51.3 Å². The van der Waals surface area contributed by atoms with Crippen LogP contribution >= 0.6 is 45.2 Å². The molecule has 0 aliphatic carbocycles. The van der Waals surface area contributed by atoms with Crippen molar-refractivity contribution in [1.82, 2.24) is 4.98 Å². The molecule has 0 amide bonds. The number of halogens is 4. The Morgan fingerprint density at radius 2 is 2.07 bits per heavy atom. The van der Waals surface area contributed by atoms with Gasteiger partial charge in [-0.15, -0.1) is 0 Å². The predicted octanol–water partition coefficient (Wildman–Crippen LogP) is 3.29. The Morgan fingerprint density at radius 3 is 2.57 bits per heavy atom. The van der Waals surface area contributed by atoms with E-state index < -0.39 is 6.43 Å². The van der Waals surface area contributed by atoms with E-state index in [4.69, 9.17) is 5.26 Å². The zero-order chi connectivity index (χ0) is 10.7. The summed E-state index contributed by atoms with van der Waals surface area (Å²) in [4.78, 5) is 3.84. The molecular formula is C8H4F2I2N2. The van der Waals surface area contributed by atoms with Crippen molar-refractivity contribution in [1.29, 1.82) is 5.26 Å². The Hall–Kier alpha value is -0.0400. The van der Waals surface area contributed by atoms with Crippen molar-refractivity contribution in [3.8, 4) is 6.07 Å². The molecule has 0 radical (unpaired) electrons. The smallest absolute Gasteiger partial charge is 0.259 e. The molecule has 0 aliphatic heterocycles. The van der Waals surface area contributed by atoms with E-state index >= 15 is 0 Å². The topological polar surface area (TPSA) is 36.7 Å². The third-order valence-corrected chi connectivity index (χ3v) is 4.90. The van der Waals surface area contributed by atoms with Crippen molar-refractivity contribution >= 4 is 45.2 Å². The third-order valence-electron chi connectivity index (χ3n) is 1.54. The molecule has 0 unspecified atom stereocenters. The third kappa shape index (κ3) is 2.50. The minimum Gasteiger partial charge on any atom is -0.259 e. The first-order valence-corrected chi connectivity index (χ1v) is 5.71. The number of nitriles is 1. The SMILES string of the molecule is N#CCc1ncc(C(F)F)c(I)c1I. The molecule has 2 nitrogen and oxygen atoms in total. The van der Waals surface area contributed by atoms with Crippen LogP contribution in [0.15, 0.2) is 6.20 Å². The Bertz CT molecular complexity index is 388. The highest BCUT2D eigenvalue weighted by Gasteiger charge is 2.16. The van der Waals surface area contributed by atoms with Crippen LogP contribution in [0.5, 0.6) is 0 Å². The Morgan fingerprint density at radius 1 is 1.43 bits per heavy atom. The van der Waals surface area contributed by atoms with E-state index in [1.165, 1.54) is 0 Å². The fourth-order valence-electron chi connectivity index (χ4n) is 0.864. The molecule has 1 rings (SSSR count). The number of rotatable bonds is 2. The molecule has 0 fully saturated rings. The molecule has 0 saturated carbocycles. The summed E-state index contributed by atoms with van der Waals surface area (Å²) in [6, 6.07) is 1.94. The van der Waals surface area contributed by atoms with Gasteiger partial charge in [0.25, 0.3) is 6.43 Å². The van der Waals surface area contributed by atoms with Crippen LogP contribution in [0, 0.1) is 18.5 Å². The second-order valence-corrected chi connectivity index (χ2v) is 4.58. The minimum absolute atomic E-state index is 0.0725. The normalized spacial score (nSPS) is 10.3. The monoisotopic (exact) mass is 420 g/mol. The van der Waals surface area contributed by atoms with Gasteiger partial charge in [0.2, 0.25) is 0 Å². The van der Waals surface area contributed by atoms with Gasteiger partial charge >= 0.3 is 0 Å². The lowest BCUT2D eigenvalue weighted by Crippen LogP contribution is -2.01. The molecule has 74 valence electrons. The molecule has 1 aromatic rings. The lowest BCUT2D eigenvalue weighted by molar-refractivity contribution is 0.150. The lowest BCUT2D eigenvalue weighted by Gasteiger charge is -2.07. The van der Waals surface area contributed by atoms with Crippen LogP contribution in [0.4, 0.5) is 8.78 Å². The fourth-order valence-corrected chi connectivity index (χ4v) is 2.19. The maximum absolute atomic E-state index is 12.4. The molecule has 0 aromatic carbocycles. The Labute approximate surface area is 107 Å². The second-order valence-electron chi connectivity index (χ2n) is 2.42. The molecule has 0 atom stereocenters. The Balaban J connectivity index is 3.20. The maximum atomic E-state index is 12.4. The van der Waals surface area contributed by atoms with Gasteiger partial charge in [0.1, 0.15) is 0 Å². The molecule has 6 heteroatoms. The molecule has 1 aromatic heterocycles. The fraction of sp³-hybridized carbons (Fsp3) is 0.250. The summed E-state index contributed by atoms with van der Waals surface area (Å²) < 4.78 is 26.0. The molecule has 14 heavy (non-hydrogen) atoms. The largest absolute Gasteiger partial charge is 0.266 e. The van der Waals surface area contributed by atoms with Crippen LogP contribution in [-0.2, 0) is 6.42 Å². The van der Waals surface area contributed by atoms with E-state index in [-0.39, 0.29) is 12.0 Å². The summed E-state index contributed by atoms with van der Waals surface area (Å²) in [5.41, 5.74) is 0.485. The number of aromatic nitrogens is 1. The summed E-state index contributed by atoms with van der Waals surface area (Å²) in [7, 11) is 0. The van der Waals surface area contributed by atoms with E-state index in [2.05, 4.69) is 4.98 Å². The van der Waals surface area contributed by atoms with Gasteiger partial charge in [0, 0.05) is 13.3 Å². The van der Waals surface area contributed by atoms with E-state index in [0.717, 1.165) is 6.20 Å². The summed E-state index contributed by atoms with van der Waals surface area (Å²) in [6.45, 7) is 0. The van der Waals surface area contributed by atoms with E-state index in [0.29, 0.717) is 12.8 Å². The molecule has 0 N–H and O–H groups in total. The predicted molar refractivity (Wildman–Crippen MR) is 63.9 cm³/mol. The van der Waals surface area contributed by atoms with Crippen molar-refractivity contribution in [2.24, 2.45) is 0 Å². The minimum atomic E-state index is -2.51. The summed E-state index contributed by atoms with van der Waals surface area (Å²) in [5, 5.41) is 8.47. The van der Waals surface area contributed by atoms with Crippen molar-refractivity contribution in [2.45, 2.75) is 12.8 Å². The summed E-state index contributed by atoms with van der Waals surface area (Å²) >= 11 is 3.78. The van der Waals surface area contributed by atoms with Crippen LogP contribution in [0.25, 0.3) is 0 Å². The number of hydrogen-bond acceptors (Lipinski definition) is 2. The first-order chi connectivity index (χ1) is 6.57. The van der Waals surface area contributed by atoms with Crippen LogP contribution in [-0.4, -0.2) is 4.98 Å². The number of nitrogens with zero attached hydrogens (tertiary/aromatic N) is 2. The summed E-state index contributed by atoms with van der Waals surface area (Å²) in [5.74, 6) is 0. The van der Waals surface area contributed by atoms with Gasteiger partial charge in [0.05, 0.1) is 23.7 Å². The Kier molecular flexibility index (Phi) is 4.43. The first kappa shape index (κ1) is 12.0. The van der Waals surface area contributed by atoms with Crippen LogP contribution in [0.2, 0.25) is 0 Å². The zero-order valence-corrected chi connectivity index (χ0v) is 11.1. The van der Waals surface area contributed by atoms with Gasteiger partial charge < -0.3 is 0 Å². The van der Waals surface area contributed by atoms with Crippen LogP contribution in [0.3, 0.4) is 0 Å². The van der Waals surface area contributed by atoms with Gasteiger partial charge in [-0.1, -0.05) is 0 Å². The van der Waals surface area contributed by atoms with Crippen molar-refractivity contribution < 1.29 is 8.78 Å². The second kappa shape index (κ2) is 5.16. The van der Waals surface area contributed by atoms with Crippen LogP contribution < -0.4 is 0 Å². The zero-order valence-electron chi connectivity index (χ0n) is 6.77. The standard InChI is InChI=1S/C8H4F2I2N2/c9-8(10)4-3-14-5(1-2-13)7(12)6(4)11/h3,8H,1H2. The van der Waals surface area contributed by atoms with Gasteiger partial charge in [-0.05, 0) is 45.2 Å². The summed E-state index contributed by atoms with van der Waals surface area (Å²) in [6.07, 6.45) is -1.22. The van der Waals surface area contributed by atoms with Crippen molar-refractivity contribution in [3.63, 3.8) is 0 Å². The molecule has 0 aliphatic rings. The first-order valence-electron chi connectivity index (χ1n) is 3.55. The highest BCUT2D eigenvalue weighted by atomic mass is 127. The van der Waals surface area contributed by atoms with Gasteiger partial charge in [-0.2, -0.15) is 5.26 Å². The lowest BCUT2D eigenvalue weighted by atomic mass is 10.2. The van der Waals surface area contributed by atoms with E-state index in [1.54, 1.807) is 0 Å². The average Bonchev–Trinajstić information content (AvgIpc) is 2.13. The van der Waals surface area contributed by atoms with Gasteiger partial charge in [-0.25, -0.2) is 8.78 Å². The van der Waals surface area contributed by atoms with Crippen molar-refractivity contribution in [3.05, 3.63) is 24.6 Å². The number of hydrogen-bond donors (Lipinski definition) is 0. The van der Waals surface area contributed by atoms with Crippen molar-refractivity contribution in [2.75, 3.05) is 0 Å². The molecular weight excluding hydrogens is 416 g/mol. The maximum Gasteiger partial charge on any atom is 0.266 e. The molecule has 0 bridgehead atoms. The average molecular weight is 420 g/mol. The van der Waals surface area contributed by atoms with Gasteiger partial charge in [0.15, 0.2) is 0 Å². The van der Waals surface area contributed by atoms with E-state index in [9.17, 15) is 8.78 Å². The molecule has 1 heterocycles. The number of pyridine rings is 1. The van der Waals surface area contributed by atoms with Gasteiger partial charge in [-0.3, -0.25) is 4.98 Å².